The predicted octanol–water partition coefficient (Wildman–Crippen LogP) is 5.00. The largest absolute Gasteiger partial charge is 0.497 e. The highest BCUT2D eigenvalue weighted by Crippen LogP contribution is 2.34. The Labute approximate surface area is 117 Å². The molecular formula is C16H17BrO. The SMILES string of the molecule is CCc1ccc(OC)cc1-c1cc(C)ccc1Br. The fourth-order valence-electron chi connectivity index (χ4n) is 2.09. The summed E-state index contributed by atoms with van der Waals surface area (Å²) in [6, 6.07) is 12.7. The zero-order chi connectivity index (χ0) is 13.1. The van der Waals surface area contributed by atoms with E-state index in [0.717, 1.165) is 16.6 Å². The average Bonchev–Trinajstić information content (AvgIpc) is 2.40. The Kier molecular flexibility index (Phi) is 4.07. The molecule has 0 unspecified atom stereocenters. The predicted molar refractivity (Wildman–Crippen MR) is 80.2 cm³/mol. The van der Waals surface area contributed by atoms with Crippen molar-refractivity contribution in [3.63, 3.8) is 0 Å². The molecule has 2 heteroatoms. The van der Waals surface area contributed by atoms with Crippen molar-refractivity contribution in [1.82, 2.24) is 0 Å². The van der Waals surface area contributed by atoms with E-state index >= 15 is 0 Å². The van der Waals surface area contributed by atoms with Gasteiger partial charge in [-0.2, -0.15) is 0 Å². The van der Waals surface area contributed by atoms with E-state index in [0.29, 0.717) is 0 Å². The smallest absolute Gasteiger partial charge is 0.119 e. The van der Waals surface area contributed by atoms with Gasteiger partial charge in [0.2, 0.25) is 0 Å². The van der Waals surface area contributed by atoms with E-state index in [1.165, 1.54) is 22.3 Å². The molecule has 0 aliphatic rings. The third-order valence-corrected chi connectivity index (χ3v) is 3.80. The number of halogens is 1. The summed E-state index contributed by atoms with van der Waals surface area (Å²) in [5.74, 6) is 0.899. The lowest BCUT2D eigenvalue weighted by molar-refractivity contribution is 0.415. The first kappa shape index (κ1) is 13.2. The normalized spacial score (nSPS) is 10.4. The molecule has 0 spiro atoms. The maximum atomic E-state index is 5.33. The number of benzene rings is 2. The summed E-state index contributed by atoms with van der Waals surface area (Å²) in [7, 11) is 1.70. The zero-order valence-corrected chi connectivity index (χ0v) is 12.5. The molecule has 2 aromatic carbocycles. The Hall–Kier alpha value is -1.28. The van der Waals surface area contributed by atoms with Gasteiger partial charge in [0.1, 0.15) is 5.75 Å². The van der Waals surface area contributed by atoms with Gasteiger partial charge in [0.15, 0.2) is 0 Å². The van der Waals surface area contributed by atoms with Gasteiger partial charge >= 0.3 is 0 Å². The van der Waals surface area contributed by atoms with Gasteiger partial charge in [-0.3, -0.25) is 0 Å². The van der Waals surface area contributed by atoms with E-state index in [4.69, 9.17) is 4.74 Å². The van der Waals surface area contributed by atoms with Crippen molar-refractivity contribution in [2.24, 2.45) is 0 Å². The van der Waals surface area contributed by atoms with Crippen LogP contribution < -0.4 is 4.74 Å². The number of ether oxygens (including phenoxy) is 1. The maximum absolute atomic E-state index is 5.33. The van der Waals surface area contributed by atoms with Crippen LogP contribution in [0.5, 0.6) is 5.75 Å². The fourth-order valence-corrected chi connectivity index (χ4v) is 2.55. The molecule has 0 atom stereocenters. The van der Waals surface area contributed by atoms with Crippen LogP contribution >= 0.6 is 15.9 Å². The molecule has 0 aliphatic heterocycles. The number of rotatable bonds is 3. The van der Waals surface area contributed by atoms with Crippen LogP contribution in [0.3, 0.4) is 0 Å². The highest BCUT2D eigenvalue weighted by Gasteiger charge is 2.09. The Bertz CT molecular complexity index is 561. The summed E-state index contributed by atoms with van der Waals surface area (Å²) < 4.78 is 6.45. The van der Waals surface area contributed by atoms with E-state index < -0.39 is 0 Å². The van der Waals surface area contributed by atoms with Crippen LogP contribution in [0.15, 0.2) is 40.9 Å². The Balaban J connectivity index is 2.64. The number of hydrogen-bond acceptors (Lipinski definition) is 1. The van der Waals surface area contributed by atoms with Crippen LogP contribution in [0.25, 0.3) is 11.1 Å². The van der Waals surface area contributed by atoms with Gasteiger partial charge in [-0.25, -0.2) is 0 Å². The molecule has 2 aromatic rings. The van der Waals surface area contributed by atoms with E-state index in [9.17, 15) is 0 Å². The molecular weight excluding hydrogens is 288 g/mol. The van der Waals surface area contributed by atoms with Crippen molar-refractivity contribution >= 4 is 15.9 Å². The van der Waals surface area contributed by atoms with Crippen LogP contribution in [0.1, 0.15) is 18.1 Å². The van der Waals surface area contributed by atoms with E-state index in [-0.39, 0.29) is 0 Å². The second-order valence-electron chi connectivity index (χ2n) is 4.36. The lowest BCUT2D eigenvalue weighted by Gasteiger charge is -2.12. The third kappa shape index (κ3) is 2.59. The number of methoxy groups -OCH3 is 1. The standard InChI is InChI=1S/C16H17BrO/c1-4-12-6-7-13(18-3)10-14(12)15-9-11(2)5-8-16(15)17/h5-10H,4H2,1-3H3. The molecule has 94 valence electrons. The highest BCUT2D eigenvalue weighted by molar-refractivity contribution is 9.10. The monoisotopic (exact) mass is 304 g/mol. The van der Waals surface area contributed by atoms with Crippen LogP contribution in [0.2, 0.25) is 0 Å². The topological polar surface area (TPSA) is 9.23 Å². The summed E-state index contributed by atoms with van der Waals surface area (Å²) in [5.41, 5.74) is 5.07. The highest BCUT2D eigenvalue weighted by atomic mass is 79.9. The summed E-state index contributed by atoms with van der Waals surface area (Å²) in [5, 5.41) is 0. The Morgan fingerprint density at radius 1 is 1.06 bits per heavy atom. The van der Waals surface area contributed by atoms with Crippen molar-refractivity contribution in [2.45, 2.75) is 20.3 Å². The van der Waals surface area contributed by atoms with Gasteiger partial charge in [0.05, 0.1) is 7.11 Å². The van der Waals surface area contributed by atoms with E-state index in [1.54, 1.807) is 7.11 Å². The van der Waals surface area contributed by atoms with Crippen LogP contribution in [0, 0.1) is 6.92 Å². The van der Waals surface area contributed by atoms with Gasteiger partial charge in [-0.1, -0.05) is 46.6 Å². The summed E-state index contributed by atoms with van der Waals surface area (Å²) in [6.45, 7) is 4.29. The lowest BCUT2D eigenvalue weighted by atomic mass is 9.96. The minimum absolute atomic E-state index is 0.899. The van der Waals surface area contributed by atoms with Gasteiger partial charge < -0.3 is 4.74 Å². The molecule has 0 fully saturated rings. The van der Waals surface area contributed by atoms with Crippen molar-refractivity contribution in [3.8, 4) is 16.9 Å². The molecule has 0 bridgehead atoms. The molecule has 0 radical (unpaired) electrons. The first-order valence-electron chi connectivity index (χ1n) is 6.09. The maximum Gasteiger partial charge on any atom is 0.119 e. The molecule has 2 rings (SSSR count). The minimum Gasteiger partial charge on any atom is -0.497 e. The quantitative estimate of drug-likeness (QED) is 0.775. The number of hydrogen-bond donors (Lipinski definition) is 0. The molecule has 0 aromatic heterocycles. The molecule has 18 heavy (non-hydrogen) atoms. The summed E-state index contributed by atoms with van der Waals surface area (Å²) >= 11 is 3.64. The van der Waals surface area contributed by atoms with Gasteiger partial charge in [0.25, 0.3) is 0 Å². The minimum atomic E-state index is 0.899. The molecule has 0 aliphatic carbocycles. The lowest BCUT2D eigenvalue weighted by Crippen LogP contribution is -1.92. The van der Waals surface area contributed by atoms with Gasteiger partial charge in [0, 0.05) is 4.47 Å². The van der Waals surface area contributed by atoms with E-state index in [2.05, 4.69) is 60.1 Å². The second-order valence-corrected chi connectivity index (χ2v) is 5.21. The fraction of sp³-hybridized carbons (Fsp3) is 0.250. The summed E-state index contributed by atoms with van der Waals surface area (Å²) in [4.78, 5) is 0. The Morgan fingerprint density at radius 3 is 2.50 bits per heavy atom. The van der Waals surface area contributed by atoms with Crippen molar-refractivity contribution in [2.75, 3.05) is 7.11 Å². The van der Waals surface area contributed by atoms with Crippen molar-refractivity contribution in [3.05, 3.63) is 52.0 Å². The average molecular weight is 305 g/mol. The van der Waals surface area contributed by atoms with Crippen molar-refractivity contribution in [1.29, 1.82) is 0 Å². The van der Waals surface area contributed by atoms with Crippen molar-refractivity contribution < 1.29 is 4.74 Å². The Morgan fingerprint density at radius 2 is 1.83 bits per heavy atom. The van der Waals surface area contributed by atoms with Crippen LogP contribution in [-0.4, -0.2) is 7.11 Å². The molecule has 0 N–H and O–H groups in total. The molecule has 0 amide bonds. The molecule has 0 heterocycles. The summed E-state index contributed by atoms with van der Waals surface area (Å²) in [6.07, 6.45) is 1.01. The molecule has 0 saturated heterocycles. The molecule has 0 saturated carbocycles. The number of aryl methyl sites for hydroxylation is 2. The van der Waals surface area contributed by atoms with Gasteiger partial charge in [-0.15, -0.1) is 0 Å². The van der Waals surface area contributed by atoms with Gasteiger partial charge in [-0.05, 0) is 48.2 Å². The molecule has 1 nitrogen and oxygen atoms in total. The zero-order valence-electron chi connectivity index (χ0n) is 11.0. The van der Waals surface area contributed by atoms with Crippen LogP contribution in [0.4, 0.5) is 0 Å². The third-order valence-electron chi connectivity index (χ3n) is 3.11. The van der Waals surface area contributed by atoms with E-state index in [1.807, 2.05) is 6.07 Å². The first-order valence-corrected chi connectivity index (χ1v) is 6.88. The van der Waals surface area contributed by atoms with Crippen LogP contribution in [-0.2, 0) is 6.42 Å². The first-order chi connectivity index (χ1) is 8.65. The second kappa shape index (κ2) is 5.57.